The highest BCUT2D eigenvalue weighted by Crippen LogP contribution is 2.27. The molecule has 1 aromatic heterocycles. The normalized spacial score (nSPS) is 10.2. The van der Waals surface area contributed by atoms with Gasteiger partial charge in [-0.2, -0.15) is 0 Å². The quantitative estimate of drug-likeness (QED) is 0.655. The summed E-state index contributed by atoms with van der Waals surface area (Å²) in [5.41, 5.74) is 3.31. The summed E-state index contributed by atoms with van der Waals surface area (Å²) in [6.45, 7) is 2.36. The van der Waals surface area contributed by atoms with E-state index in [1.54, 1.807) is 20.3 Å². The summed E-state index contributed by atoms with van der Waals surface area (Å²) in [6.07, 6.45) is 2.99. The van der Waals surface area contributed by atoms with Gasteiger partial charge in [-0.3, -0.25) is 4.79 Å². The molecule has 7 nitrogen and oxygen atoms in total. The van der Waals surface area contributed by atoms with Crippen LogP contribution in [-0.2, 0) is 6.54 Å². The first kappa shape index (κ1) is 19.2. The van der Waals surface area contributed by atoms with Crippen LogP contribution in [0, 0.1) is 6.92 Å². The Balaban J connectivity index is 1.60. The minimum atomic E-state index is -0.253. The lowest BCUT2D eigenvalue weighted by Crippen LogP contribution is -2.23. The van der Waals surface area contributed by atoms with Gasteiger partial charge in [0, 0.05) is 24.6 Å². The van der Waals surface area contributed by atoms with Gasteiger partial charge in [0.05, 0.1) is 19.8 Å². The van der Waals surface area contributed by atoms with E-state index in [0.29, 0.717) is 29.6 Å². The minimum Gasteiger partial charge on any atom is -0.493 e. The third kappa shape index (κ3) is 4.76. The first-order valence-corrected chi connectivity index (χ1v) is 8.74. The topological polar surface area (TPSA) is 85.4 Å². The second-order valence-corrected chi connectivity index (χ2v) is 6.16. The van der Waals surface area contributed by atoms with Crippen molar-refractivity contribution in [2.75, 3.05) is 19.5 Å². The molecular weight excluding hydrogens is 356 g/mol. The summed E-state index contributed by atoms with van der Waals surface area (Å²) in [7, 11) is 3.15. The van der Waals surface area contributed by atoms with Gasteiger partial charge >= 0.3 is 0 Å². The van der Waals surface area contributed by atoms with Crippen LogP contribution < -0.4 is 20.1 Å². The molecule has 144 valence electrons. The van der Waals surface area contributed by atoms with Gasteiger partial charge in [0.25, 0.3) is 5.91 Å². The molecule has 3 rings (SSSR count). The zero-order valence-electron chi connectivity index (χ0n) is 16.0. The second-order valence-electron chi connectivity index (χ2n) is 6.16. The summed E-state index contributed by atoms with van der Waals surface area (Å²) in [5, 5.41) is 5.96. The highest BCUT2D eigenvalue weighted by atomic mass is 16.5. The van der Waals surface area contributed by atoms with E-state index in [1.165, 1.54) is 12.4 Å². The summed E-state index contributed by atoms with van der Waals surface area (Å²) in [5.74, 6) is 1.44. The third-order valence-electron chi connectivity index (χ3n) is 4.09. The molecule has 1 amide bonds. The first-order valence-electron chi connectivity index (χ1n) is 8.74. The molecule has 2 N–H and O–H groups in total. The number of aromatic nitrogens is 2. The van der Waals surface area contributed by atoms with Crippen molar-refractivity contribution < 1.29 is 14.3 Å². The highest BCUT2D eigenvalue weighted by molar-refractivity contribution is 5.93. The van der Waals surface area contributed by atoms with Crippen LogP contribution >= 0.6 is 0 Å². The second kappa shape index (κ2) is 8.85. The number of benzene rings is 2. The number of ether oxygens (including phenoxy) is 2. The maximum atomic E-state index is 12.3. The van der Waals surface area contributed by atoms with Crippen molar-refractivity contribution in [2.45, 2.75) is 13.5 Å². The van der Waals surface area contributed by atoms with E-state index in [2.05, 4.69) is 20.6 Å². The fourth-order valence-corrected chi connectivity index (χ4v) is 2.64. The average Bonchev–Trinajstić information content (AvgIpc) is 2.72. The Morgan fingerprint density at radius 2 is 1.75 bits per heavy atom. The Kier molecular flexibility index (Phi) is 6.06. The number of hydrogen-bond donors (Lipinski definition) is 2. The number of nitrogens with one attached hydrogen (secondary N) is 2. The molecule has 28 heavy (non-hydrogen) atoms. The SMILES string of the molecule is COc1ccc(CNC(=O)c2cnc(Nc3cccc(C)c3)nc2)cc1OC. The number of aryl methyl sites for hydroxylation is 1. The molecule has 0 saturated carbocycles. The molecule has 0 fully saturated rings. The molecule has 3 aromatic rings. The maximum Gasteiger partial charge on any atom is 0.254 e. The fourth-order valence-electron chi connectivity index (χ4n) is 2.64. The molecule has 0 saturated heterocycles. The molecule has 0 atom stereocenters. The van der Waals surface area contributed by atoms with Gasteiger partial charge in [-0.25, -0.2) is 9.97 Å². The molecule has 0 aliphatic rings. The number of carbonyl (C=O) groups excluding carboxylic acids is 1. The Morgan fingerprint density at radius 3 is 2.43 bits per heavy atom. The van der Waals surface area contributed by atoms with Gasteiger partial charge in [0.1, 0.15) is 0 Å². The van der Waals surface area contributed by atoms with Crippen LogP contribution in [0.5, 0.6) is 11.5 Å². The third-order valence-corrected chi connectivity index (χ3v) is 4.09. The summed E-state index contributed by atoms with van der Waals surface area (Å²) in [4.78, 5) is 20.8. The Labute approximate surface area is 163 Å². The van der Waals surface area contributed by atoms with Crippen LogP contribution in [0.25, 0.3) is 0 Å². The molecular formula is C21H22N4O3. The van der Waals surface area contributed by atoms with Crippen molar-refractivity contribution >= 4 is 17.5 Å². The molecule has 0 unspecified atom stereocenters. The molecule has 0 spiro atoms. The van der Waals surface area contributed by atoms with Crippen molar-refractivity contribution in [3.63, 3.8) is 0 Å². The van der Waals surface area contributed by atoms with E-state index in [4.69, 9.17) is 9.47 Å². The van der Waals surface area contributed by atoms with Gasteiger partial charge in [0.2, 0.25) is 5.95 Å². The van der Waals surface area contributed by atoms with Crippen LogP contribution in [-0.4, -0.2) is 30.1 Å². The lowest BCUT2D eigenvalue weighted by atomic mass is 10.2. The number of hydrogen-bond acceptors (Lipinski definition) is 6. The molecule has 7 heteroatoms. The predicted octanol–water partition coefficient (Wildman–Crippen LogP) is 3.48. The van der Waals surface area contributed by atoms with Crippen molar-refractivity contribution in [1.82, 2.24) is 15.3 Å². The monoisotopic (exact) mass is 378 g/mol. The smallest absolute Gasteiger partial charge is 0.254 e. The van der Waals surface area contributed by atoms with Crippen LogP contribution in [0.15, 0.2) is 54.9 Å². The fraction of sp³-hybridized carbons (Fsp3) is 0.190. The Hall–Kier alpha value is -3.61. The van der Waals surface area contributed by atoms with E-state index in [1.807, 2.05) is 43.3 Å². The predicted molar refractivity (Wildman–Crippen MR) is 107 cm³/mol. The van der Waals surface area contributed by atoms with E-state index in [-0.39, 0.29) is 5.91 Å². The number of amides is 1. The summed E-state index contributed by atoms with van der Waals surface area (Å²) >= 11 is 0. The molecule has 0 bridgehead atoms. The standard InChI is InChI=1S/C21H22N4O3/c1-14-5-4-6-17(9-14)25-21-23-12-16(13-24-21)20(26)22-11-15-7-8-18(27-2)19(10-15)28-3/h4-10,12-13H,11H2,1-3H3,(H,22,26)(H,23,24,25). The van der Waals surface area contributed by atoms with Crippen molar-refractivity contribution in [2.24, 2.45) is 0 Å². The van der Waals surface area contributed by atoms with Gasteiger partial charge in [-0.15, -0.1) is 0 Å². The average molecular weight is 378 g/mol. The van der Waals surface area contributed by atoms with E-state index in [9.17, 15) is 4.79 Å². The van der Waals surface area contributed by atoms with Crippen molar-refractivity contribution in [3.05, 3.63) is 71.5 Å². The Bertz CT molecular complexity index is 958. The van der Waals surface area contributed by atoms with Crippen molar-refractivity contribution in [1.29, 1.82) is 0 Å². The number of nitrogens with zero attached hydrogens (tertiary/aromatic N) is 2. The minimum absolute atomic E-state index is 0.253. The van der Waals surface area contributed by atoms with Crippen LogP contribution in [0.4, 0.5) is 11.6 Å². The Morgan fingerprint density at radius 1 is 1.00 bits per heavy atom. The van der Waals surface area contributed by atoms with Gasteiger partial charge in [0.15, 0.2) is 11.5 Å². The summed E-state index contributed by atoms with van der Waals surface area (Å²) < 4.78 is 10.5. The zero-order valence-corrected chi connectivity index (χ0v) is 16.0. The van der Waals surface area contributed by atoms with Crippen LogP contribution in [0.3, 0.4) is 0 Å². The molecule has 2 aromatic carbocycles. The van der Waals surface area contributed by atoms with E-state index in [0.717, 1.165) is 16.8 Å². The first-order chi connectivity index (χ1) is 13.6. The lowest BCUT2D eigenvalue weighted by Gasteiger charge is -2.10. The number of anilines is 2. The van der Waals surface area contributed by atoms with Crippen LogP contribution in [0.2, 0.25) is 0 Å². The molecule has 0 aliphatic heterocycles. The molecule has 1 heterocycles. The van der Waals surface area contributed by atoms with E-state index >= 15 is 0 Å². The number of rotatable bonds is 7. The maximum absolute atomic E-state index is 12.3. The molecule has 0 radical (unpaired) electrons. The highest BCUT2D eigenvalue weighted by Gasteiger charge is 2.09. The van der Waals surface area contributed by atoms with Gasteiger partial charge in [-0.05, 0) is 42.3 Å². The molecule has 0 aliphatic carbocycles. The lowest BCUT2D eigenvalue weighted by molar-refractivity contribution is 0.0950. The van der Waals surface area contributed by atoms with Gasteiger partial charge < -0.3 is 20.1 Å². The zero-order chi connectivity index (χ0) is 19.9. The van der Waals surface area contributed by atoms with Crippen molar-refractivity contribution in [3.8, 4) is 11.5 Å². The number of methoxy groups -OCH3 is 2. The van der Waals surface area contributed by atoms with Gasteiger partial charge in [-0.1, -0.05) is 18.2 Å². The largest absolute Gasteiger partial charge is 0.493 e. The summed E-state index contributed by atoms with van der Waals surface area (Å²) in [6, 6.07) is 13.4. The number of carbonyl (C=O) groups is 1. The van der Waals surface area contributed by atoms with Crippen LogP contribution in [0.1, 0.15) is 21.5 Å². The van der Waals surface area contributed by atoms with E-state index < -0.39 is 0 Å².